The third-order valence-corrected chi connectivity index (χ3v) is 2.45. The fourth-order valence-corrected chi connectivity index (χ4v) is 1.58. The molecule has 100 valence electrons. The van der Waals surface area contributed by atoms with Crippen molar-refractivity contribution in [3.05, 3.63) is 17.6 Å². The number of nitrogens with two attached hydrogens (primary N) is 1. The molecule has 1 aromatic heterocycles. The minimum absolute atomic E-state index is 0.118. The summed E-state index contributed by atoms with van der Waals surface area (Å²) in [5.41, 5.74) is 5.89. The van der Waals surface area contributed by atoms with Crippen LogP contribution in [-0.2, 0) is 9.47 Å². The van der Waals surface area contributed by atoms with Gasteiger partial charge in [-0.1, -0.05) is 13.3 Å². The lowest BCUT2D eigenvalue weighted by molar-refractivity contribution is 0.0491. The van der Waals surface area contributed by atoms with Crippen molar-refractivity contribution < 1.29 is 14.3 Å². The van der Waals surface area contributed by atoms with E-state index in [-0.39, 0.29) is 17.5 Å². The number of rotatable bonds is 6. The molecule has 2 N–H and O–H groups in total. The Labute approximate surface area is 107 Å². The maximum atomic E-state index is 11.4. The molecule has 0 bridgehead atoms. The molecule has 0 spiro atoms. The van der Waals surface area contributed by atoms with Crippen LogP contribution in [0.25, 0.3) is 0 Å². The van der Waals surface area contributed by atoms with E-state index in [1.165, 1.54) is 13.3 Å². The number of hydrogen-bond donors (Lipinski definition) is 1. The molecule has 1 rings (SSSR count). The van der Waals surface area contributed by atoms with E-state index in [0.717, 1.165) is 12.8 Å². The Hall–Kier alpha value is -1.69. The smallest absolute Gasteiger partial charge is 0.343 e. The molecular formula is C12H19N3O3. The molecular weight excluding hydrogens is 234 g/mol. The summed E-state index contributed by atoms with van der Waals surface area (Å²) in [5.74, 6) is 0.0824. The van der Waals surface area contributed by atoms with Gasteiger partial charge >= 0.3 is 5.97 Å². The van der Waals surface area contributed by atoms with Gasteiger partial charge in [-0.15, -0.1) is 0 Å². The number of nitrogens with zero attached hydrogens (tertiary/aromatic N) is 2. The second-order valence-electron chi connectivity index (χ2n) is 3.75. The molecule has 1 unspecified atom stereocenters. The summed E-state index contributed by atoms with van der Waals surface area (Å²) in [6.45, 7) is 4.54. The van der Waals surface area contributed by atoms with Crippen molar-refractivity contribution >= 4 is 11.8 Å². The Morgan fingerprint density at radius 1 is 1.50 bits per heavy atom. The molecule has 1 aromatic rings. The monoisotopic (exact) mass is 253 g/mol. The molecule has 0 aromatic carbocycles. The number of hydrogen-bond acceptors (Lipinski definition) is 6. The number of carbonyl (C=O) groups is 1. The topological polar surface area (TPSA) is 87.3 Å². The van der Waals surface area contributed by atoms with Gasteiger partial charge in [0.1, 0.15) is 17.5 Å². The van der Waals surface area contributed by atoms with E-state index in [1.54, 1.807) is 0 Å². The predicted octanol–water partition coefficient (Wildman–Crippen LogP) is 1.72. The number of anilines is 1. The first-order chi connectivity index (χ1) is 8.63. The summed E-state index contributed by atoms with van der Waals surface area (Å²) in [6, 6.07) is 0. The number of methoxy groups -OCH3 is 1. The lowest BCUT2D eigenvalue weighted by Gasteiger charge is -2.15. The minimum Gasteiger partial charge on any atom is -0.465 e. The van der Waals surface area contributed by atoms with Crippen LogP contribution in [0.5, 0.6) is 0 Å². The van der Waals surface area contributed by atoms with Gasteiger partial charge in [-0.25, -0.2) is 14.8 Å². The Balaban J connectivity index is 2.97. The maximum absolute atomic E-state index is 11.4. The Morgan fingerprint density at radius 3 is 2.72 bits per heavy atom. The first kappa shape index (κ1) is 14.4. The highest BCUT2D eigenvalue weighted by atomic mass is 16.5. The molecule has 0 amide bonds. The van der Waals surface area contributed by atoms with E-state index < -0.39 is 5.97 Å². The first-order valence-electron chi connectivity index (χ1n) is 5.96. The highest BCUT2D eigenvalue weighted by Gasteiger charge is 2.18. The zero-order chi connectivity index (χ0) is 13.5. The van der Waals surface area contributed by atoms with Gasteiger partial charge < -0.3 is 15.2 Å². The molecule has 18 heavy (non-hydrogen) atoms. The van der Waals surface area contributed by atoms with Crippen molar-refractivity contribution in [1.29, 1.82) is 0 Å². The molecule has 6 nitrogen and oxygen atoms in total. The summed E-state index contributed by atoms with van der Waals surface area (Å²) in [6.07, 6.45) is 2.96. The van der Waals surface area contributed by atoms with Crippen molar-refractivity contribution in [1.82, 2.24) is 9.97 Å². The van der Waals surface area contributed by atoms with Crippen LogP contribution in [0.2, 0.25) is 0 Å². The van der Waals surface area contributed by atoms with Gasteiger partial charge in [-0.2, -0.15) is 0 Å². The lowest BCUT2D eigenvalue weighted by Crippen LogP contribution is -2.14. The van der Waals surface area contributed by atoms with Crippen LogP contribution in [0.3, 0.4) is 0 Å². The lowest BCUT2D eigenvalue weighted by atomic mass is 10.2. The number of ether oxygens (including phenoxy) is 2. The summed E-state index contributed by atoms with van der Waals surface area (Å²) < 4.78 is 10.1. The zero-order valence-electron chi connectivity index (χ0n) is 11.0. The minimum atomic E-state index is -0.539. The van der Waals surface area contributed by atoms with E-state index in [2.05, 4.69) is 21.6 Å². The zero-order valence-corrected chi connectivity index (χ0v) is 11.0. The maximum Gasteiger partial charge on any atom is 0.343 e. The van der Waals surface area contributed by atoms with Gasteiger partial charge in [0.2, 0.25) is 0 Å². The van der Waals surface area contributed by atoms with Crippen LogP contribution >= 0.6 is 0 Å². The van der Waals surface area contributed by atoms with Crippen molar-refractivity contribution in [3.8, 4) is 0 Å². The first-order valence-corrected chi connectivity index (χ1v) is 5.96. The molecule has 0 aliphatic carbocycles. The third kappa shape index (κ3) is 3.40. The van der Waals surface area contributed by atoms with Gasteiger partial charge in [0, 0.05) is 12.8 Å². The Morgan fingerprint density at radius 2 is 2.22 bits per heavy atom. The number of carbonyl (C=O) groups excluding carboxylic acids is 1. The Kier molecular flexibility index (Phi) is 5.51. The number of esters is 1. The van der Waals surface area contributed by atoms with Crippen LogP contribution in [-0.4, -0.2) is 29.7 Å². The summed E-state index contributed by atoms with van der Waals surface area (Å²) in [4.78, 5) is 19.6. The van der Waals surface area contributed by atoms with Crippen LogP contribution in [0, 0.1) is 0 Å². The summed E-state index contributed by atoms with van der Waals surface area (Å²) >= 11 is 0. The van der Waals surface area contributed by atoms with Gasteiger partial charge in [-0.3, -0.25) is 0 Å². The average molecular weight is 253 g/mol. The van der Waals surface area contributed by atoms with Gasteiger partial charge in [-0.05, 0) is 13.3 Å². The van der Waals surface area contributed by atoms with Crippen LogP contribution in [0.4, 0.5) is 5.82 Å². The summed E-state index contributed by atoms with van der Waals surface area (Å²) in [7, 11) is 1.29. The molecule has 0 fully saturated rings. The van der Waals surface area contributed by atoms with Gasteiger partial charge in [0.05, 0.1) is 7.11 Å². The molecule has 0 radical (unpaired) electrons. The van der Waals surface area contributed by atoms with Crippen molar-refractivity contribution in [2.45, 2.75) is 32.8 Å². The second-order valence-corrected chi connectivity index (χ2v) is 3.75. The fraction of sp³-hybridized carbons (Fsp3) is 0.583. The third-order valence-electron chi connectivity index (χ3n) is 2.45. The predicted molar refractivity (Wildman–Crippen MR) is 67.1 cm³/mol. The molecule has 1 heterocycles. The largest absolute Gasteiger partial charge is 0.465 e. The van der Waals surface area contributed by atoms with Crippen LogP contribution in [0.1, 0.15) is 49.0 Å². The SMILES string of the molecule is CCCC(OCC)c1ncc(C(=O)OC)c(N)n1. The quantitative estimate of drug-likeness (QED) is 0.777. The fourth-order valence-electron chi connectivity index (χ4n) is 1.58. The molecule has 0 aliphatic rings. The molecule has 0 saturated carbocycles. The standard InChI is InChI=1S/C12H19N3O3/c1-4-6-9(18-5-2)11-14-7-8(10(13)15-11)12(16)17-3/h7,9H,4-6H2,1-3H3,(H2,13,14,15). The van der Waals surface area contributed by atoms with Crippen LogP contribution in [0.15, 0.2) is 6.20 Å². The Bertz CT molecular complexity index is 404. The van der Waals surface area contributed by atoms with Gasteiger partial charge in [0.15, 0.2) is 5.82 Å². The van der Waals surface area contributed by atoms with E-state index in [9.17, 15) is 4.79 Å². The van der Waals surface area contributed by atoms with Gasteiger partial charge in [0.25, 0.3) is 0 Å². The average Bonchev–Trinajstić information content (AvgIpc) is 2.37. The highest BCUT2D eigenvalue weighted by Crippen LogP contribution is 2.21. The summed E-state index contributed by atoms with van der Waals surface area (Å²) in [5, 5.41) is 0. The van der Waals surface area contributed by atoms with Crippen molar-refractivity contribution in [3.63, 3.8) is 0 Å². The van der Waals surface area contributed by atoms with Crippen LogP contribution < -0.4 is 5.73 Å². The van der Waals surface area contributed by atoms with E-state index in [1.807, 2.05) is 6.92 Å². The van der Waals surface area contributed by atoms with Crippen molar-refractivity contribution in [2.24, 2.45) is 0 Å². The number of nitrogen functional groups attached to an aromatic ring is 1. The van der Waals surface area contributed by atoms with Crippen molar-refractivity contribution in [2.75, 3.05) is 19.5 Å². The molecule has 6 heteroatoms. The van der Waals surface area contributed by atoms with E-state index >= 15 is 0 Å². The second kappa shape index (κ2) is 6.90. The molecule has 0 aliphatic heterocycles. The highest BCUT2D eigenvalue weighted by molar-refractivity contribution is 5.93. The molecule has 1 atom stereocenters. The number of aromatic nitrogens is 2. The normalized spacial score (nSPS) is 12.2. The van der Waals surface area contributed by atoms with E-state index in [4.69, 9.17) is 10.5 Å². The van der Waals surface area contributed by atoms with E-state index in [0.29, 0.717) is 12.4 Å². The molecule has 0 saturated heterocycles.